The van der Waals surface area contributed by atoms with Crippen LogP contribution in [0.3, 0.4) is 0 Å². The number of nitrogens with zero attached hydrogens (tertiary/aromatic N) is 1. The first-order chi connectivity index (χ1) is 10.7. The average Bonchev–Trinajstić information content (AvgIpc) is 2.82. The van der Waals surface area contributed by atoms with Gasteiger partial charge in [-0.25, -0.2) is 4.39 Å². The predicted octanol–water partition coefficient (Wildman–Crippen LogP) is 4.16. The third-order valence-electron chi connectivity index (χ3n) is 3.27. The molecule has 2 N–H and O–H groups in total. The van der Waals surface area contributed by atoms with Gasteiger partial charge in [-0.3, -0.25) is 4.99 Å². The van der Waals surface area contributed by atoms with E-state index in [2.05, 4.69) is 9.98 Å². The van der Waals surface area contributed by atoms with Gasteiger partial charge in [0.1, 0.15) is 11.6 Å². The van der Waals surface area contributed by atoms with Crippen LogP contribution in [-0.2, 0) is 0 Å². The van der Waals surface area contributed by atoms with Crippen molar-refractivity contribution in [3.05, 3.63) is 53.8 Å². The zero-order valence-electron chi connectivity index (χ0n) is 12.0. The Hall–Kier alpha value is -2.82. The molecule has 0 radical (unpaired) electrons. The van der Waals surface area contributed by atoms with E-state index >= 15 is 0 Å². The van der Waals surface area contributed by atoms with E-state index in [4.69, 9.17) is 4.74 Å². The lowest BCUT2D eigenvalue weighted by atomic mass is 10.2. The first-order valence-electron chi connectivity index (χ1n) is 6.94. The first kappa shape index (κ1) is 14.1. The van der Waals surface area contributed by atoms with Crippen LogP contribution >= 0.6 is 0 Å². The van der Waals surface area contributed by atoms with Gasteiger partial charge in [-0.05, 0) is 49.4 Å². The largest absolute Gasteiger partial charge is 0.494 e. The molecule has 4 nitrogen and oxygen atoms in total. The highest BCUT2D eigenvalue weighted by Gasteiger charge is 2.09. The number of ether oxygens (including phenoxy) is 1. The minimum Gasteiger partial charge on any atom is -0.494 e. The van der Waals surface area contributed by atoms with Gasteiger partial charge in [-0.15, -0.1) is 0 Å². The number of hydrogen-bond acceptors (Lipinski definition) is 3. The minimum atomic E-state index is -0.359. The van der Waals surface area contributed by atoms with Crippen molar-refractivity contribution in [1.82, 2.24) is 4.98 Å². The summed E-state index contributed by atoms with van der Waals surface area (Å²) < 4.78 is 18.7. The zero-order valence-corrected chi connectivity index (χ0v) is 12.0. The number of benzene rings is 2. The molecule has 0 bridgehead atoms. The maximum Gasteiger partial charge on any atom is 0.198 e. The molecule has 3 aromatic rings. The summed E-state index contributed by atoms with van der Waals surface area (Å²) in [4.78, 5) is 7.10. The van der Waals surface area contributed by atoms with Crippen molar-refractivity contribution in [2.45, 2.75) is 6.92 Å². The molecule has 112 valence electrons. The number of hydrogen-bond donors (Lipinski definition) is 2. The summed E-state index contributed by atoms with van der Waals surface area (Å²) in [7, 11) is 0. The van der Waals surface area contributed by atoms with Crippen molar-refractivity contribution in [2.24, 2.45) is 4.99 Å². The number of H-pyrrole nitrogens is 1. The van der Waals surface area contributed by atoms with Gasteiger partial charge in [-0.2, -0.15) is 0 Å². The monoisotopic (exact) mass is 298 g/mol. The molecule has 0 aliphatic carbocycles. The smallest absolute Gasteiger partial charge is 0.198 e. The number of aliphatic imine (C=N–C) groups is 1. The highest BCUT2D eigenvalue weighted by molar-refractivity contribution is 6.02. The van der Waals surface area contributed by atoms with Crippen LogP contribution in [0.15, 0.2) is 47.5 Å². The summed E-state index contributed by atoms with van der Waals surface area (Å²) in [5, 5.41) is 10.5. The average molecular weight is 298 g/mol. The molecule has 0 spiro atoms. The Morgan fingerprint density at radius 3 is 2.73 bits per heavy atom. The van der Waals surface area contributed by atoms with Gasteiger partial charge >= 0.3 is 0 Å². The molecule has 2 aromatic carbocycles. The van der Waals surface area contributed by atoms with E-state index in [1.54, 1.807) is 6.07 Å². The highest BCUT2D eigenvalue weighted by Crippen LogP contribution is 2.27. The molecule has 3 rings (SSSR count). The minimum absolute atomic E-state index is 0.0321. The van der Waals surface area contributed by atoms with E-state index in [-0.39, 0.29) is 11.7 Å². The fraction of sp³-hybridized carbons (Fsp3) is 0.118. The van der Waals surface area contributed by atoms with Gasteiger partial charge in [0.05, 0.1) is 17.9 Å². The number of halogens is 1. The quantitative estimate of drug-likeness (QED) is 0.710. The lowest BCUT2D eigenvalue weighted by Crippen LogP contribution is -1.89. The van der Waals surface area contributed by atoms with Gasteiger partial charge in [0.15, 0.2) is 5.88 Å². The van der Waals surface area contributed by atoms with Gasteiger partial charge in [-0.1, -0.05) is 0 Å². The molecule has 1 heterocycles. The van der Waals surface area contributed by atoms with Crippen molar-refractivity contribution in [3.8, 4) is 11.6 Å². The third kappa shape index (κ3) is 2.79. The molecule has 0 amide bonds. The van der Waals surface area contributed by atoms with Crippen LogP contribution < -0.4 is 4.74 Å². The number of rotatable bonds is 4. The third-order valence-corrected chi connectivity index (χ3v) is 3.27. The van der Waals surface area contributed by atoms with Crippen LogP contribution in [-0.4, -0.2) is 22.9 Å². The topological polar surface area (TPSA) is 57.6 Å². The van der Waals surface area contributed by atoms with Crippen molar-refractivity contribution < 1.29 is 14.2 Å². The molecule has 0 saturated carbocycles. The second-order valence-corrected chi connectivity index (χ2v) is 4.76. The first-order valence-corrected chi connectivity index (χ1v) is 6.94. The Labute approximate surface area is 126 Å². The highest BCUT2D eigenvalue weighted by atomic mass is 19.1. The van der Waals surface area contributed by atoms with Crippen LogP contribution in [0.4, 0.5) is 10.1 Å². The van der Waals surface area contributed by atoms with Crippen LogP contribution in [0, 0.1) is 5.82 Å². The molecule has 5 heteroatoms. The summed E-state index contributed by atoms with van der Waals surface area (Å²) in [6.45, 7) is 2.53. The van der Waals surface area contributed by atoms with E-state index < -0.39 is 0 Å². The van der Waals surface area contributed by atoms with Crippen LogP contribution in [0.1, 0.15) is 12.5 Å². The van der Waals surface area contributed by atoms with Gasteiger partial charge < -0.3 is 14.8 Å². The van der Waals surface area contributed by atoms with Crippen molar-refractivity contribution >= 4 is 22.8 Å². The maximum absolute atomic E-state index is 13.4. The Bertz CT molecular complexity index is 823. The van der Waals surface area contributed by atoms with E-state index in [0.29, 0.717) is 28.8 Å². The van der Waals surface area contributed by atoms with Crippen molar-refractivity contribution in [1.29, 1.82) is 0 Å². The number of aromatic amines is 1. The van der Waals surface area contributed by atoms with Crippen LogP contribution in [0.2, 0.25) is 0 Å². The zero-order chi connectivity index (χ0) is 15.5. The number of nitrogens with one attached hydrogen (secondary N) is 1. The second kappa shape index (κ2) is 5.89. The van der Waals surface area contributed by atoms with E-state index in [1.165, 1.54) is 18.3 Å². The Kier molecular flexibility index (Phi) is 3.78. The summed E-state index contributed by atoms with van der Waals surface area (Å²) >= 11 is 0. The number of aromatic nitrogens is 1. The Morgan fingerprint density at radius 2 is 2.00 bits per heavy atom. The summed E-state index contributed by atoms with van der Waals surface area (Å²) in [6.07, 6.45) is 1.52. The molecule has 0 atom stereocenters. The molecular formula is C17H15FN2O2. The SMILES string of the molecule is CCOc1ccc(N=Cc2c(O)[nH]c3ccc(F)cc23)cc1. The van der Waals surface area contributed by atoms with Crippen LogP contribution in [0.25, 0.3) is 10.9 Å². The summed E-state index contributed by atoms with van der Waals surface area (Å²) in [5.74, 6) is 0.385. The maximum atomic E-state index is 13.4. The van der Waals surface area contributed by atoms with Gasteiger partial charge in [0.2, 0.25) is 0 Å². The van der Waals surface area contributed by atoms with E-state index in [0.717, 1.165) is 5.75 Å². The second-order valence-electron chi connectivity index (χ2n) is 4.76. The molecule has 1 aromatic heterocycles. The molecule has 22 heavy (non-hydrogen) atoms. The fourth-order valence-electron chi connectivity index (χ4n) is 2.24. The van der Waals surface area contributed by atoms with Gasteiger partial charge in [0.25, 0.3) is 0 Å². The predicted molar refractivity (Wildman–Crippen MR) is 84.8 cm³/mol. The number of aromatic hydroxyl groups is 1. The number of fused-ring (bicyclic) bond motifs is 1. The fourth-order valence-corrected chi connectivity index (χ4v) is 2.24. The molecule has 0 aliphatic rings. The molecular weight excluding hydrogens is 283 g/mol. The molecule has 0 fully saturated rings. The molecule has 0 saturated heterocycles. The lowest BCUT2D eigenvalue weighted by Gasteiger charge is -2.02. The normalized spacial score (nSPS) is 11.4. The Balaban J connectivity index is 1.91. The lowest BCUT2D eigenvalue weighted by molar-refractivity contribution is 0.340. The van der Waals surface area contributed by atoms with E-state index in [1.807, 2.05) is 31.2 Å². The summed E-state index contributed by atoms with van der Waals surface area (Å²) in [6, 6.07) is 11.6. The van der Waals surface area contributed by atoms with Crippen molar-refractivity contribution in [2.75, 3.05) is 6.61 Å². The summed E-state index contributed by atoms with van der Waals surface area (Å²) in [5.41, 5.74) is 1.84. The Morgan fingerprint density at radius 1 is 1.23 bits per heavy atom. The standard InChI is InChI=1S/C17H15FN2O2/c1-2-22-13-6-4-12(5-7-13)19-10-15-14-9-11(18)3-8-16(14)20-17(15)21/h3-10,20-21H,2H2,1H3. The van der Waals surface area contributed by atoms with Crippen LogP contribution in [0.5, 0.6) is 11.6 Å². The molecule has 0 unspecified atom stereocenters. The van der Waals surface area contributed by atoms with Crippen molar-refractivity contribution in [3.63, 3.8) is 0 Å². The van der Waals surface area contributed by atoms with E-state index in [9.17, 15) is 9.50 Å². The van der Waals surface area contributed by atoms with Gasteiger partial charge in [0, 0.05) is 17.1 Å². The molecule has 0 aliphatic heterocycles.